The quantitative estimate of drug-likeness (QED) is 0.896. The lowest BCUT2D eigenvalue weighted by Gasteiger charge is -2.34. The minimum absolute atomic E-state index is 0.112. The van der Waals surface area contributed by atoms with Gasteiger partial charge in [-0.3, -0.25) is 9.59 Å². The SMILES string of the molecule is Cc1ccc(C)c(NCCC(=O)N2CCN(C(=O)c3ccco3)CC2)c1. The Balaban J connectivity index is 1.44. The summed E-state index contributed by atoms with van der Waals surface area (Å²) in [5.74, 6) is 0.356. The van der Waals surface area contributed by atoms with Crippen molar-refractivity contribution in [3.05, 3.63) is 53.5 Å². The highest BCUT2D eigenvalue weighted by atomic mass is 16.3. The molecule has 6 nitrogen and oxygen atoms in total. The second-order valence-electron chi connectivity index (χ2n) is 6.65. The highest BCUT2D eigenvalue weighted by Gasteiger charge is 2.25. The number of hydrogen-bond acceptors (Lipinski definition) is 4. The molecule has 138 valence electrons. The van der Waals surface area contributed by atoms with Crippen molar-refractivity contribution in [2.24, 2.45) is 0 Å². The molecule has 0 radical (unpaired) electrons. The Bertz CT molecular complexity index is 763. The molecule has 6 heteroatoms. The number of anilines is 1. The molecule has 1 aromatic heterocycles. The van der Waals surface area contributed by atoms with E-state index in [9.17, 15) is 9.59 Å². The Morgan fingerprint density at radius 3 is 2.50 bits per heavy atom. The van der Waals surface area contributed by atoms with Crippen LogP contribution in [-0.2, 0) is 4.79 Å². The molecule has 1 aliphatic heterocycles. The lowest BCUT2D eigenvalue weighted by molar-refractivity contribution is -0.132. The Morgan fingerprint density at radius 1 is 1.08 bits per heavy atom. The molecule has 1 N–H and O–H groups in total. The van der Waals surface area contributed by atoms with Crippen molar-refractivity contribution in [3.63, 3.8) is 0 Å². The molecule has 0 unspecified atom stereocenters. The number of hydrogen-bond donors (Lipinski definition) is 1. The minimum atomic E-state index is -0.112. The number of nitrogens with one attached hydrogen (secondary N) is 1. The van der Waals surface area contributed by atoms with Crippen LogP contribution in [0.4, 0.5) is 5.69 Å². The maximum atomic E-state index is 12.4. The van der Waals surface area contributed by atoms with Gasteiger partial charge in [0.05, 0.1) is 6.26 Å². The van der Waals surface area contributed by atoms with Crippen molar-refractivity contribution in [1.29, 1.82) is 0 Å². The summed E-state index contributed by atoms with van der Waals surface area (Å²) in [5.41, 5.74) is 3.45. The Labute approximate surface area is 153 Å². The lowest BCUT2D eigenvalue weighted by atomic mass is 10.1. The van der Waals surface area contributed by atoms with Crippen LogP contribution in [-0.4, -0.2) is 54.3 Å². The molecule has 3 rings (SSSR count). The molecule has 0 spiro atoms. The molecule has 1 aromatic carbocycles. The van der Waals surface area contributed by atoms with E-state index in [0.29, 0.717) is 44.9 Å². The first-order valence-electron chi connectivity index (χ1n) is 8.96. The van der Waals surface area contributed by atoms with Gasteiger partial charge in [-0.15, -0.1) is 0 Å². The standard InChI is InChI=1S/C20H25N3O3/c1-15-5-6-16(2)17(14-15)21-8-7-19(24)22-9-11-23(12-10-22)20(25)18-4-3-13-26-18/h3-6,13-14,21H,7-12H2,1-2H3. The van der Waals surface area contributed by atoms with E-state index in [1.807, 2.05) is 4.90 Å². The summed E-state index contributed by atoms with van der Waals surface area (Å²) in [7, 11) is 0. The number of amides is 2. The van der Waals surface area contributed by atoms with Gasteiger partial charge >= 0.3 is 0 Å². The Morgan fingerprint density at radius 2 is 1.81 bits per heavy atom. The molecule has 0 aliphatic carbocycles. The van der Waals surface area contributed by atoms with Crippen LogP contribution in [0.2, 0.25) is 0 Å². The second kappa shape index (κ2) is 8.08. The van der Waals surface area contributed by atoms with Gasteiger partial charge in [0.1, 0.15) is 0 Å². The zero-order valence-electron chi connectivity index (χ0n) is 15.3. The van der Waals surface area contributed by atoms with Crippen LogP contribution in [0.15, 0.2) is 41.0 Å². The molecular weight excluding hydrogens is 330 g/mol. The minimum Gasteiger partial charge on any atom is -0.459 e. The molecule has 1 fully saturated rings. The molecule has 0 saturated carbocycles. The molecular formula is C20H25N3O3. The smallest absolute Gasteiger partial charge is 0.289 e. The van der Waals surface area contributed by atoms with E-state index in [1.54, 1.807) is 17.0 Å². The summed E-state index contributed by atoms with van der Waals surface area (Å²) in [6.07, 6.45) is 1.94. The zero-order chi connectivity index (χ0) is 18.5. The van der Waals surface area contributed by atoms with Gasteiger partial charge in [-0.2, -0.15) is 0 Å². The molecule has 1 saturated heterocycles. The topological polar surface area (TPSA) is 65.8 Å². The Hall–Kier alpha value is -2.76. The molecule has 26 heavy (non-hydrogen) atoms. The number of rotatable bonds is 5. The summed E-state index contributed by atoms with van der Waals surface area (Å²) in [6.45, 7) is 6.92. The van der Waals surface area contributed by atoms with Crippen LogP contribution < -0.4 is 5.32 Å². The summed E-state index contributed by atoms with van der Waals surface area (Å²) in [5, 5.41) is 3.34. The van der Waals surface area contributed by atoms with Gasteiger partial charge in [-0.05, 0) is 43.2 Å². The number of piperazine rings is 1. The van der Waals surface area contributed by atoms with Crippen molar-refractivity contribution in [1.82, 2.24) is 9.80 Å². The largest absolute Gasteiger partial charge is 0.459 e. The molecule has 0 bridgehead atoms. The lowest BCUT2D eigenvalue weighted by Crippen LogP contribution is -2.50. The third-order valence-electron chi connectivity index (χ3n) is 4.70. The van der Waals surface area contributed by atoms with E-state index in [-0.39, 0.29) is 11.8 Å². The Kier molecular flexibility index (Phi) is 5.61. The number of nitrogens with zero attached hydrogens (tertiary/aromatic N) is 2. The van der Waals surface area contributed by atoms with E-state index in [1.165, 1.54) is 17.4 Å². The van der Waals surface area contributed by atoms with Gasteiger partial charge in [-0.1, -0.05) is 12.1 Å². The number of benzene rings is 1. The van der Waals surface area contributed by atoms with Gasteiger partial charge in [0.25, 0.3) is 5.91 Å². The van der Waals surface area contributed by atoms with Gasteiger partial charge in [-0.25, -0.2) is 0 Å². The highest BCUT2D eigenvalue weighted by molar-refractivity contribution is 5.91. The second-order valence-corrected chi connectivity index (χ2v) is 6.65. The normalized spacial score (nSPS) is 14.4. The first-order valence-corrected chi connectivity index (χ1v) is 8.96. The molecule has 2 aromatic rings. The van der Waals surface area contributed by atoms with Crippen LogP contribution >= 0.6 is 0 Å². The van der Waals surface area contributed by atoms with Crippen molar-refractivity contribution in [3.8, 4) is 0 Å². The number of carbonyl (C=O) groups is 2. The van der Waals surface area contributed by atoms with Crippen LogP contribution in [0.3, 0.4) is 0 Å². The highest BCUT2D eigenvalue weighted by Crippen LogP contribution is 2.16. The van der Waals surface area contributed by atoms with Crippen LogP contribution in [0.25, 0.3) is 0 Å². The third-order valence-corrected chi connectivity index (χ3v) is 4.70. The monoisotopic (exact) mass is 355 g/mol. The third kappa shape index (κ3) is 4.25. The van der Waals surface area contributed by atoms with E-state index in [2.05, 4.69) is 37.4 Å². The van der Waals surface area contributed by atoms with Crippen molar-refractivity contribution < 1.29 is 14.0 Å². The van der Waals surface area contributed by atoms with Crippen LogP contribution in [0.1, 0.15) is 28.1 Å². The van der Waals surface area contributed by atoms with E-state index in [0.717, 1.165) is 5.69 Å². The fourth-order valence-electron chi connectivity index (χ4n) is 3.10. The summed E-state index contributed by atoms with van der Waals surface area (Å²) < 4.78 is 5.16. The fraction of sp³-hybridized carbons (Fsp3) is 0.400. The average Bonchev–Trinajstić information content (AvgIpc) is 3.18. The van der Waals surface area contributed by atoms with Crippen molar-refractivity contribution >= 4 is 17.5 Å². The molecule has 0 atom stereocenters. The number of furan rings is 1. The number of aryl methyl sites for hydroxylation is 2. The predicted octanol–water partition coefficient (Wildman–Crippen LogP) is 2.68. The van der Waals surface area contributed by atoms with Crippen molar-refractivity contribution in [2.75, 3.05) is 38.0 Å². The van der Waals surface area contributed by atoms with E-state index < -0.39 is 0 Å². The summed E-state index contributed by atoms with van der Waals surface area (Å²) in [6, 6.07) is 9.62. The van der Waals surface area contributed by atoms with Gasteiger partial charge in [0.2, 0.25) is 5.91 Å². The first-order chi connectivity index (χ1) is 12.5. The van der Waals surface area contributed by atoms with Crippen molar-refractivity contribution in [2.45, 2.75) is 20.3 Å². The molecule has 2 heterocycles. The number of carbonyl (C=O) groups excluding carboxylic acids is 2. The van der Waals surface area contributed by atoms with Crippen LogP contribution in [0.5, 0.6) is 0 Å². The summed E-state index contributed by atoms with van der Waals surface area (Å²) in [4.78, 5) is 28.2. The molecule has 1 aliphatic rings. The van der Waals surface area contributed by atoms with Gasteiger partial charge in [0.15, 0.2) is 5.76 Å². The van der Waals surface area contributed by atoms with Crippen LogP contribution in [0, 0.1) is 13.8 Å². The maximum absolute atomic E-state index is 12.4. The maximum Gasteiger partial charge on any atom is 0.289 e. The summed E-state index contributed by atoms with van der Waals surface area (Å²) >= 11 is 0. The zero-order valence-corrected chi connectivity index (χ0v) is 15.3. The van der Waals surface area contributed by atoms with E-state index in [4.69, 9.17) is 4.42 Å². The predicted molar refractivity (Wildman–Crippen MR) is 100 cm³/mol. The fourth-order valence-corrected chi connectivity index (χ4v) is 3.10. The molecule has 2 amide bonds. The van der Waals surface area contributed by atoms with Gasteiger partial charge in [0, 0.05) is 44.8 Å². The first kappa shape index (κ1) is 18.0. The average molecular weight is 355 g/mol. The van der Waals surface area contributed by atoms with E-state index >= 15 is 0 Å². The van der Waals surface area contributed by atoms with Gasteiger partial charge < -0.3 is 19.5 Å².